The number of allylic oxidation sites excluding steroid dienone is 2. The molecule has 0 saturated carbocycles. The molecule has 1 nitrogen and oxygen atoms in total. The van der Waals surface area contributed by atoms with Crippen LogP contribution in [-0.4, -0.2) is 11.4 Å². The van der Waals surface area contributed by atoms with Crippen LogP contribution >= 0.6 is 0 Å². The highest BCUT2D eigenvalue weighted by atomic mass is 15.1. The molecule has 67 valence electrons. The highest BCUT2D eigenvalue weighted by Gasteiger charge is 1.98. The van der Waals surface area contributed by atoms with Gasteiger partial charge in [-0.25, -0.2) is 0 Å². The van der Waals surface area contributed by atoms with Crippen molar-refractivity contribution in [3.8, 4) is 0 Å². The van der Waals surface area contributed by atoms with Gasteiger partial charge in [-0.05, 0) is 18.7 Å². The van der Waals surface area contributed by atoms with Gasteiger partial charge in [-0.2, -0.15) is 0 Å². The van der Waals surface area contributed by atoms with Crippen molar-refractivity contribution in [2.24, 2.45) is 0 Å². The zero-order valence-corrected chi connectivity index (χ0v) is 7.87. The minimum atomic E-state index is 1.17. The van der Waals surface area contributed by atoms with Crippen LogP contribution in [0.4, 0.5) is 0 Å². The Labute approximate surface area is 75.8 Å². The van der Waals surface area contributed by atoms with E-state index in [0.717, 1.165) is 0 Å². The molecule has 0 atom stereocenters. The highest BCUT2D eigenvalue weighted by molar-refractivity contribution is 5.13. The van der Waals surface area contributed by atoms with Crippen molar-refractivity contribution in [1.29, 1.82) is 0 Å². The number of rotatable bonds is 5. The standard InChI is InChI=1S/C11H18N/c1-2-3-4-6-9-12-10-7-5-8-11-12/h5,7-8,10-11H,2-4,6,9H2,1H3. The van der Waals surface area contributed by atoms with Crippen LogP contribution in [0, 0.1) is 6.54 Å². The lowest BCUT2D eigenvalue weighted by atomic mass is 10.2. The second-order valence-corrected chi connectivity index (χ2v) is 3.17. The highest BCUT2D eigenvalue weighted by Crippen LogP contribution is 2.06. The Morgan fingerprint density at radius 2 is 1.92 bits per heavy atom. The summed E-state index contributed by atoms with van der Waals surface area (Å²) in [5, 5.41) is 0. The molecule has 1 heterocycles. The summed E-state index contributed by atoms with van der Waals surface area (Å²) < 4.78 is 0. The predicted octanol–water partition coefficient (Wildman–Crippen LogP) is 3.11. The summed E-state index contributed by atoms with van der Waals surface area (Å²) in [6, 6.07) is 0. The summed E-state index contributed by atoms with van der Waals surface area (Å²) in [4.78, 5) is 2.25. The first kappa shape index (κ1) is 9.37. The van der Waals surface area contributed by atoms with Crippen molar-refractivity contribution < 1.29 is 0 Å². The van der Waals surface area contributed by atoms with Crippen molar-refractivity contribution in [1.82, 2.24) is 4.90 Å². The summed E-state index contributed by atoms with van der Waals surface area (Å²) in [5.74, 6) is 0. The molecule has 0 bridgehead atoms. The fraction of sp³-hybridized carbons (Fsp3) is 0.545. The first-order valence-electron chi connectivity index (χ1n) is 4.87. The third-order valence-corrected chi connectivity index (χ3v) is 2.05. The number of hydrogen-bond donors (Lipinski definition) is 0. The summed E-state index contributed by atoms with van der Waals surface area (Å²) in [6.07, 6.45) is 13.7. The molecule has 0 aliphatic carbocycles. The molecular formula is C11H18N. The van der Waals surface area contributed by atoms with Crippen molar-refractivity contribution in [3.05, 3.63) is 31.0 Å². The van der Waals surface area contributed by atoms with Gasteiger partial charge in [0, 0.05) is 6.54 Å². The van der Waals surface area contributed by atoms with Gasteiger partial charge in [0.1, 0.15) is 0 Å². The van der Waals surface area contributed by atoms with Gasteiger partial charge in [0.15, 0.2) is 0 Å². The van der Waals surface area contributed by atoms with Gasteiger partial charge in [-0.1, -0.05) is 38.3 Å². The molecule has 0 unspecified atom stereocenters. The Kier molecular flexibility index (Phi) is 4.58. The van der Waals surface area contributed by atoms with Gasteiger partial charge in [0.25, 0.3) is 0 Å². The quantitative estimate of drug-likeness (QED) is 0.564. The van der Waals surface area contributed by atoms with E-state index in [1.54, 1.807) is 0 Å². The van der Waals surface area contributed by atoms with Gasteiger partial charge in [-0.3, -0.25) is 0 Å². The van der Waals surface area contributed by atoms with Gasteiger partial charge in [0.2, 0.25) is 0 Å². The van der Waals surface area contributed by atoms with E-state index in [1.807, 2.05) is 0 Å². The normalized spacial score (nSPS) is 15.6. The zero-order chi connectivity index (χ0) is 8.65. The summed E-state index contributed by atoms with van der Waals surface area (Å²) in [7, 11) is 0. The van der Waals surface area contributed by atoms with E-state index in [1.165, 1.54) is 32.2 Å². The average molecular weight is 164 g/mol. The van der Waals surface area contributed by atoms with E-state index in [0.29, 0.717) is 0 Å². The molecule has 0 aromatic heterocycles. The molecule has 0 amide bonds. The molecule has 12 heavy (non-hydrogen) atoms. The molecule has 0 aromatic rings. The molecule has 1 heteroatoms. The summed E-state index contributed by atoms with van der Waals surface area (Å²) in [6.45, 7) is 5.54. The van der Waals surface area contributed by atoms with Crippen LogP contribution in [0.15, 0.2) is 24.4 Å². The molecule has 0 N–H and O–H groups in total. The van der Waals surface area contributed by atoms with Gasteiger partial charge >= 0.3 is 0 Å². The Balaban J connectivity index is 2.00. The van der Waals surface area contributed by atoms with E-state index in [2.05, 4.69) is 42.8 Å². The number of nitrogens with zero attached hydrogens (tertiary/aromatic N) is 1. The van der Waals surface area contributed by atoms with E-state index in [9.17, 15) is 0 Å². The van der Waals surface area contributed by atoms with Crippen molar-refractivity contribution >= 4 is 0 Å². The molecule has 1 radical (unpaired) electrons. The molecule has 1 aliphatic heterocycles. The second-order valence-electron chi connectivity index (χ2n) is 3.17. The van der Waals surface area contributed by atoms with Gasteiger partial charge < -0.3 is 4.90 Å². The third-order valence-electron chi connectivity index (χ3n) is 2.05. The minimum Gasteiger partial charge on any atom is -0.369 e. The van der Waals surface area contributed by atoms with Crippen molar-refractivity contribution in [2.45, 2.75) is 32.6 Å². The molecule has 0 spiro atoms. The maximum Gasteiger partial charge on any atom is 0.0710 e. The average Bonchev–Trinajstić information content (AvgIpc) is 2.14. The topological polar surface area (TPSA) is 3.24 Å². The Morgan fingerprint density at radius 1 is 1.00 bits per heavy atom. The van der Waals surface area contributed by atoms with Gasteiger partial charge in [-0.15, -0.1) is 0 Å². The van der Waals surface area contributed by atoms with E-state index in [-0.39, 0.29) is 0 Å². The fourth-order valence-corrected chi connectivity index (χ4v) is 1.30. The Morgan fingerprint density at radius 3 is 2.58 bits per heavy atom. The van der Waals surface area contributed by atoms with E-state index >= 15 is 0 Å². The van der Waals surface area contributed by atoms with Crippen LogP contribution in [0.1, 0.15) is 32.6 Å². The lowest BCUT2D eigenvalue weighted by Gasteiger charge is -2.19. The lowest BCUT2D eigenvalue weighted by molar-refractivity contribution is 0.441. The first-order chi connectivity index (χ1) is 5.93. The van der Waals surface area contributed by atoms with Crippen LogP contribution in [0.2, 0.25) is 0 Å². The molecular weight excluding hydrogens is 146 g/mol. The summed E-state index contributed by atoms with van der Waals surface area (Å²) >= 11 is 0. The van der Waals surface area contributed by atoms with E-state index in [4.69, 9.17) is 0 Å². The minimum absolute atomic E-state index is 1.17. The molecule has 0 fully saturated rings. The fourth-order valence-electron chi connectivity index (χ4n) is 1.30. The van der Waals surface area contributed by atoms with E-state index < -0.39 is 0 Å². The number of hydrogen-bond acceptors (Lipinski definition) is 1. The number of unbranched alkanes of at least 4 members (excludes halogenated alkanes) is 3. The Bertz CT molecular complexity index is 158. The van der Waals surface area contributed by atoms with Crippen molar-refractivity contribution in [3.63, 3.8) is 0 Å². The zero-order valence-electron chi connectivity index (χ0n) is 7.87. The molecule has 0 aromatic carbocycles. The second kappa shape index (κ2) is 5.87. The largest absolute Gasteiger partial charge is 0.369 e. The van der Waals surface area contributed by atoms with Crippen molar-refractivity contribution in [2.75, 3.05) is 6.54 Å². The van der Waals surface area contributed by atoms with Crippen LogP contribution in [-0.2, 0) is 0 Å². The predicted molar refractivity (Wildman–Crippen MR) is 53.4 cm³/mol. The first-order valence-corrected chi connectivity index (χ1v) is 4.87. The maximum absolute atomic E-state index is 2.25. The maximum atomic E-state index is 2.25. The lowest BCUT2D eigenvalue weighted by Crippen LogP contribution is -2.15. The van der Waals surface area contributed by atoms with Crippen LogP contribution in [0.25, 0.3) is 0 Å². The molecule has 1 aliphatic rings. The third kappa shape index (κ3) is 3.61. The smallest absolute Gasteiger partial charge is 0.0710 e. The van der Waals surface area contributed by atoms with Crippen LogP contribution < -0.4 is 0 Å². The monoisotopic (exact) mass is 164 g/mol. The van der Waals surface area contributed by atoms with Crippen LogP contribution in [0.5, 0.6) is 0 Å². The Hall–Kier alpha value is -0.720. The summed E-state index contributed by atoms with van der Waals surface area (Å²) in [5.41, 5.74) is 0. The SMILES string of the molecule is CCCCCCN1[CH]C=CC=C1. The molecule has 0 saturated heterocycles. The van der Waals surface area contributed by atoms with Gasteiger partial charge in [0.05, 0.1) is 6.54 Å². The molecule has 1 rings (SSSR count). The van der Waals surface area contributed by atoms with Crippen LogP contribution in [0.3, 0.4) is 0 Å².